The first-order valence-corrected chi connectivity index (χ1v) is 10.1. The van der Waals surface area contributed by atoms with Crippen molar-refractivity contribution in [1.29, 1.82) is 0 Å². The highest BCUT2D eigenvalue weighted by atomic mass is 32.2. The third kappa shape index (κ3) is 5.76. The molecule has 0 radical (unpaired) electrons. The molecule has 1 rings (SSSR count). The summed E-state index contributed by atoms with van der Waals surface area (Å²) in [5.74, 6) is 0.105. The fraction of sp³-hybridized carbons (Fsp3) is 0.571. The van der Waals surface area contributed by atoms with Gasteiger partial charge in [-0.25, -0.2) is 0 Å². The van der Waals surface area contributed by atoms with Gasteiger partial charge in [-0.05, 0) is 30.9 Å². The predicted molar refractivity (Wildman–Crippen MR) is 84.7 cm³/mol. The number of aromatic hydroxyl groups is 1. The minimum atomic E-state index is -4.93. The Morgan fingerprint density at radius 2 is 1.57 bits per heavy atom. The van der Waals surface area contributed by atoms with Gasteiger partial charge in [-0.2, -0.15) is 16.8 Å². The molecule has 0 aliphatic carbocycles. The lowest BCUT2D eigenvalue weighted by molar-refractivity contribution is 0.446. The molecular weight excluding hydrogens is 344 g/mol. The quantitative estimate of drug-likeness (QED) is 0.476. The van der Waals surface area contributed by atoms with Crippen LogP contribution >= 0.6 is 0 Å². The average Bonchev–Trinajstić information content (AvgIpc) is 2.36. The Morgan fingerprint density at radius 3 is 2.04 bits per heavy atom. The van der Waals surface area contributed by atoms with Gasteiger partial charge in [-0.1, -0.05) is 33.1 Å². The molecule has 0 aliphatic rings. The largest absolute Gasteiger partial charge is 0.508 e. The molecule has 23 heavy (non-hydrogen) atoms. The molecule has 0 aromatic heterocycles. The molecule has 0 spiro atoms. The van der Waals surface area contributed by atoms with Crippen LogP contribution < -0.4 is 0 Å². The van der Waals surface area contributed by atoms with E-state index in [2.05, 4.69) is 13.8 Å². The number of unbranched alkanes of at least 4 members (excludes halogenated alkanes) is 2. The molecule has 1 aromatic carbocycles. The van der Waals surface area contributed by atoms with Crippen molar-refractivity contribution in [2.45, 2.75) is 55.7 Å². The van der Waals surface area contributed by atoms with Crippen LogP contribution in [-0.4, -0.2) is 31.0 Å². The maximum absolute atomic E-state index is 11.5. The molecule has 9 heteroatoms. The smallest absolute Gasteiger partial charge is 0.296 e. The number of benzene rings is 1. The van der Waals surface area contributed by atoms with E-state index < -0.39 is 35.8 Å². The van der Waals surface area contributed by atoms with E-state index in [0.29, 0.717) is 12.3 Å². The SMILES string of the molecule is CC(C)CCCCCc1c(O)ccc(S(=O)(=O)O)c1S(=O)(=O)O. The van der Waals surface area contributed by atoms with E-state index in [1.807, 2.05) is 0 Å². The van der Waals surface area contributed by atoms with E-state index in [1.54, 1.807) is 0 Å². The molecule has 132 valence electrons. The van der Waals surface area contributed by atoms with Crippen molar-refractivity contribution in [3.05, 3.63) is 17.7 Å². The molecular formula is C14H22O7S2. The molecule has 0 atom stereocenters. The number of hydrogen-bond acceptors (Lipinski definition) is 5. The first-order valence-electron chi connectivity index (χ1n) is 7.24. The summed E-state index contributed by atoms with van der Waals surface area (Å²) in [5.41, 5.74) is -0.202. The van der Waals surface area contributed by atoms with Crippen molar-refractivity contribution in [1.82, 2.24) is 0 Å². The molecule has 0 saturated carbocycles. The van der Waals surface area contributed by atoms with Crippen LogP contribution in [0.5, 0.6) is 5.75 Å². The Kier molecular flexibility index (Phi) is 6.58. The van der Waals surface area contributed by atoms with E-state index in [9.17, 15) is 26.5 Å². The van der Waals surface area contributed by atoms with E-state index in [0.717, 1.165) is 31.4 Å². The van der Waals surface area contributed by atoms with Gasteiger partial charge in [0.1, 0.15) is 15.5 Å². The molecule has 7 nitrogen and oxygen atoms in total. The summed E-state index contributed by atoms with van der Waals surface area (Å²) in [5, 5.41) is 9.84. The Morgan fingerprint density at radius 1 is 0.957 bits per heavy atom. The van der Waals surface area contributed by atoms with Crippen molar-refractivity contribution in [3.8, 4) is 5.75 Å². The summed E-state index contributed by atoms with van der Waals surface area (Å²) < 4.78 is 64.1. The number of hydrogen-bond donors (Lipinski definition) is 3. The van der Waals surface area contributed by atoms with Crippen LogP contribution in [0.3, 0.4) is 0 Å². The van der Waals surface area contributed by atoms with Crippen molar-refractivity contribution in [2.75, 3.05) is 0 Å². The fourth-order valence-corrected chi connectivity index (χ4v) is 4.42. The van der Waals surface area contributed by atoms with Gasteiger partial charge in [0.05, 0.1) is 0 Å². The zero-order chi connectivity index (χ0) is 17.8. The average molecular weight is 366 g/mol. The van der Waals surface area contributed by atoms with Crippen molar-refractivity contribution < 1.29 is 31.0 Å². The van der Waals surface area contributed by atoms with Gasteiger partial charge in [0, 0.05) is 5.56 Å². The first-order chi connectivity index (χ1) is 10.4. The molecule has 3 N–H and O–H groups in total. The number of phenolic OH excluding ortho intramolecular Hbond substituents is 1. The maximum atomic E-state index is 11.5. The standard InChI is InChI=1S/C14H22O7S2/c1-10(2)6-4-3-5-7-11-12(15)8-9-13(22(16,17)18)14(11)23(19,20)21/h8-10,15H,3-7H2,1-2H3,(H,16,17,18)(H,19,20,21). The van der Waals surface area contributed by atoms with E-state index in [1.165, 1.54) is 0 Å². The molecule has 1 aromatic rings. The summed E-state index contributed by atoms with van der Waals surface area (Å²) in [6.07, 6.45) is 3.26. The third-order valence-corrected chi connectivity index (χ3v) is 5.45. The Bertz CT molecular complexity index is 750. The Hall–Kier alpha value is -1.16. The third-order valence-electron chi connectivity index (χ3n) is 3.44. The second-order valence-corrected chi connectivity index (χ2v) is 8.58. The van der Waals surface area contributed by atoms with E-state index in [-0.39, 0.29) is 12.0 Å². The van der Waals surface area contributed by atoms with Crippen molar-refractivity contribution in [2.24, 2.45) is 5.92 Å². The normalized spacial score (nSPS) is 12.7. The number of phenols is 1. The second-order valence-electron chi connectivity index (χ2n) is 5.83. The molecule has 0 bridgehead atoms. The highest BCUT2D eigenvalue weighted by Crippen LogP contribution is 2.32. The topological polar surface area (TPSA) is 129 Å². The van der Waals surface area contributed by atoms with Crippen molar-refractivity contribution in [3.63, 3.8) is 0 Å². The Labute approximate surface area is 136 Å². The lowest BCUT2D eigenvalue weighted by atomic mass is 10.0. The minimum Gasteiger partial charge on any atom is -0.508 e. The fourth-order valence-electron chi connectivity index (χ4n) is 2.35. The van der Waals surface area contributed by atoms with Gasteiger partial charge in [0.15, 0.2) is 0 Å². The zero-order valence-electron chi connectivity index (χ0n) is 13.1. The van der Waals surface area contributed by atoms with Crippen LogP contribution in [0.4, 0.5) is 0 Å². The van der Waals surface area contributed by atoms with Gasteiger partial charge >= 0.3 is 0 Å². The van der Waals surface area contributed by atoms with Gasteiger partial charge in [-0.15, -0.1) is 0 Å². The van der Waals surface area contributed by atoms with Crippen LogP contribution in [0.15, 0.2) is 21.9 Å². The number of rotatable bonds is 8. The highest BCUT2D eigenvalue weighted by Gasteiger charge is 2.29. The second kappa shape index (κ2) is 7.61. The molecule has 0 saturated heterocycles. The monoisotopic (exact) mass is 366 g/mol. The summed E-state index contributed by atoms with van der Waals surface area (Å²) in [7, 11) is -9.78. The lowest BCUT2D eigenvalue weighted by Gasteiger charge is -2.13. The Balaban J connectivity index is 3.16. The lowest BCUT2D eigenvalue weighted by Crippen LogP contribution is -2.12. The summed E-state index contributed by atoms with van der Waals surface area (Å²) >= 11 is 0. The summed E-state index contributed by atoms with van der Waals surface area (Å²) in [6, 6.07) is 1.73. The first kappa shape index (κ1) is 19.9. The summed E-state index contributed by atoms with van der Waals surface area (Å²) in [4.78, 5) is -1.89. The van der Waals surface area contributed by atoms with Crippen molar-refractivity contribution >= 4 is 20.2 Å². The van der Waals surface area contributed by atoms with Gasteiger partial charge < -0.3 is 5.11 Å². The van der Waals surface area contributed by atoms with Gasteiger partial charge in [-0.3, -0.25) is 9.11 Å². The van der Waals surface area contributed by atoms with E-state index >= 15 is 0 Å². The van der Waals surface area contributed by atoms with E-state index in [4.69, 9.17) is 4.55 Å². The van der Waals surface area contributed by atoms with Gasteiger partial charge in [0.25, 0.3) is 20.2 Å². The molecule has 0 aliphatic heterocycles. The van der Waals surface area contributed by atoms with Crippen LogP contribution in [0.2, 0.25) is 0 Å². The predicted octanol–water partition coefficient (Wildman–Crippen LogP) is 2.64. The van der Waals surface area contributed by atoms with Gasteiger partial charge in [0.2, 0.25) is 0 Å². The van der Waals surface area contributed by atoms with Crippen LogP contribution in [0.25, 0.3) is 0 Å². The molecule has 0 heterocycles. The highest BCUT2D eigenvalue weighted by molar-refractivity contribution is 7.89. The molecule has 0 fully saturated rings. The maximum Gasteiger partial charge on any atom is 0.296 e. The zero-order valence-corrected chi connectivity index (χ0v) is 14.7. The van der Waals surface area contributed by atoms with Crippen LogP contribution in [0.1, 0.15) is 45.1 Å². The van der Waals surface area contributed by atoms with Crippen LogP contribution in [0, 0.1) is 5.92 Å². The molecule has 0 unspecified atom stereocenters. The summed E-state index contributed by atoms with van der Waals surface area (Å²) in [6.45, 7) is 4.16. The molecule has 0 amide bonds. The van der Waals surface area contributed by atoms with Crippen LogP contribution in [-0.2, 0) is 26.7 Å². The minimum absolute atomic E-state index is 0.0718.